The number of ether oxygens (including phenoxy) is 1. The molecule has 33 heavy (non-hydrogen) atoms. The number of hydrogen-bond acceptors (Lipinski definition) is 3. The van der Waals surface area contributed by atoms with E-state index in [9.17, 15) is 9.59 Å². The molecule has 5 nitrogen and oxygen atoms in total. The molecule has 0 spiro atoms. The monoisotopic (exact) mass is 448 g/mol. The third-order valence-corrected chi connectivity index (χ3v) is 6.79. The number of benzene rings is 2. The Morgan fingerprint density at radius 2 is 1.55 bits per heavy atom. The molecule has 2 aliphatic rings. The van der Waals surface area contributed by atoms with Gasteiger partial charge in [0.15, 0.2) is 0 Å². The first-order valence-corrected chi connectivity index (χ1v) is 12.2. The van der Waals surface area contributed by atoms with Crippen molar-refractivity contribution in [1.29, 1.82) is 0 Å². The molecule has 1 N–H and O–H groups in total. The van der Waals surface area contributed by atoms with Crippen molar-refractivity contribution < 1.29 is 14.3 Å². The molecule has 2 amide bonds. The van der Waals surface area contributed by atoms with Crippen molar-refractivity contribution >= 4 is 17.7 Å². The number of carbonyl (C=O) groups is 2. The summed E-state index contributed by atoms with van der Waals surface area (Å²) >= 11 is 0. The summed E-state index contributed by atoms with van der Waals surface area (Å²) in [7, 11) is 0. The largest absolute Gasteiger partial charge is 0.444 e. The number of nitrogens with zero attached hydrogens (tertiary/aromatic N) is 1. The topological polar surface area (TPSA) is 58.6 Å². The number of likely N-dealkylation sites (tertiary alicyclic amines) is 1. The second-order valence-electron chi connectivity index (χ2n) is 10.5. The lowest BCUT2D eigenvalue weighted by atomic mass is 9.84. The molecule has 0 unspecified atom stereocenters. The molecule has 5 heteroatoms. The Bertz CT molecular complexity index is 943. The van der Waals surface area contributed by atoms with E-state index in [1.165, 1.54) is 37.7 Å². The van der Waals surface area contributed by atoms with Gasteiger partial charge in [0.25, 0.3) is 0 Å². The summed E-state index contributed by atoms with van der Waals surface area (Å²) in [5.74, 6) is 0.182. The molecule has 0 bridgehead atoms. The van der Waals surface area contributed by atoms with Crippen LogP contribution in [0.2, 0.25) is 0 Å². The highest BCUT2D eigenvalue weighted by Gasteiger charge is 2.41. The Morgan fingerprint density at radius 1 is 0.879 bits per heavy atom. The van der Waals surface area contributed by atoms with Crippen LogP contribution >= 0.6 is 0 Å². The number of rotatable bonds is 4. The Hall–Kier alpha value is -2.82. The zero-order valence-corrected chi connectivity index (χ0v) is 20.0. The van der Waals surface area contributed by atoms with Crippen LogP contribution in [0.4, 0.5) is 10.5 Å². The lowest BCUT2D eigenvalue weighted by molar-refractivity contribution is -0.119. The van der Waals surface area contributed by atoms with Crippen LogP contribution in [0, 0.1) is 5.92 Å². The minimum Gasteiger partial charge on any atom is -0.444 e. The lowest BCUT2D eigenvalue weighted by Gasteiger charge is -2.24. The van der Waals surface area contributed by atoms with Gasteiger partial charge in [0, 0.05) is 24.7 Å². The normalized spacial score (nSPS) is 21.6. The van der Waals surface area contributed by atoms with Gasteiger partial charge in [-0.25, -0.2) is 4.79 Å². The first kappa shape index (κ1) is 23.3. The van der Waals surface area contributed by atoms with Crippen LogP contribution in [0.1, 0.15) is 75.8 Å². The van der Waals surface area contributed by atoms with Crippen LogP contribution in [0.3, 0.4) is 0 Å². The Morgan fingerprint density at radius 3 is 2.18 bits per heavy atom. The number of carbonyl (C=O) groups excluding carboxylic acids is 2. The fraction of sp³-hybridized carbons (Fsp3) is 0.500. The van der Waals surface area contributed by atoms with Gasteiger partial charge in [0.05, 0.1) is 5.92 Å². The number of amides is 2. The average molecular weight is 449 g/mol. The molecule has 4 rings (SSSR count). The number of anilines is 1. The summed E-state index contributed by atoms with van der Waals surface area (Å²) in [6.07, 6.45) is 6.10. The molecule has 2 aromatic rings. The molecular formula is C28H36N2O3. The van der Waals surface area contributed by atoms with E-state index in [2.05, 4.69) is 17.4 Å². The van der Waals surface area contributed by atoms with Gasteiger partial charge in [0.2, 0.25) is 5.91 Å². The Labute approximate surface area is 197 Å². The van der Waals surface area contributed by atoms with E-state index in [1.54, 1.807) is 4.90 Å². The van der Waals surface area contributed by atoms with Gasteiger partial charge in [-0.1, -0.05) is 61.7 Å². The third kappa shape index (κ3) is 5.95. The van der Waals surface area contributed by atoms with Gasteiger partial charge >= 0.3 is 6.09 Å². The van der Waals surface area contributed by atoms with Crippen molar-refractivity contribution in [3.63, 3.8) is 0 Å². The van der Waals surface area contributed by atoms with Crippen molar-refractivity contribution in [2.75, 3.05) is 18.4 Å². The fourth-order valence-corrected chi connectivity index (χ4v) is 5.09. The first-order valence-electron chi connectivity index (χ1n) is 12.2. The molecule has 1 saturated heterocycles. The quantitative estimate of drug-likeness (QED) is 0.595. The number of nitrogens with one attached hydrogen (secondary N) is 1. The van der Waals surface area contributed by atoms with E-state index >= 15 is 0 Å². The van der Waals surface area contributed by atoms with E-state index in [-0.39, 0.29) is 23.8 Å². The summed E-state index contributed by atoms with van der Waals surface area (Å²) < 4.78 is 5.58. The van der Waals surface area contributed by atoms with Gasteiger partial charge in [-0.05, 0) is 62.8 Å². The highest BCUT2D eigenvalue weighted by atomic mass is 16.6. The minimum absolute atomic E-state index is 0.0553. The standard InChI is InChI=1S/C28H36N2O3/c1-28(2,3)33-27(32)30-18-24(22-12-8-5-9-13-22)25(19-30)26(31)29-23-16-14-21(15-17-23)20-10-6-4-7-11-20/h5,8-9,12-17,20,24-25H,4,6-7,10-11,18-19H2,1-3H3,(H,29,31)/t24-,25+/m0/s1. The maximum atomic E-state index is 13.3. The van der Waals surface area contributed by atoms with Crippen LogP contribution in [0.25, 0.3) is 0 Å². The molecule has 176 valence electrons. The van der Waals surface area contributed by atoms with Gasteiger partial charge in [-0.3, -0.25) is 4.79 Å². The molecule has 2 aromatic carbocycles. The highest BCUT2D eigenvalue weighted by Crippen LogP contribution is 2.35. The van der Waals surface area contributed by atoms with Crippen LogP contribution in [0.15, 0.2) is 54.6 Å². The number of hydrogen-bond donors (Lipinski definition) is 1. The van der Waals surface area contributed by atoms with Crippen molar-refractivity contribution in [1.82, 2.24) is 4.90 Å². The van der Waals surface area contributed by atoms with E-state index in [0.717, 1.165) is 11.3 Å². The molecular weight excluding hydrogens is 412 g/mol. The van der Waals surface area contributed by atoms with Gasteiger partial charge in [-0.15, -0.1) is 0 Å². The van der Waals surface area contributed by atoms with Crippen LogP contribution in [-0.4, -0.2) is 35.6 Å². The first-order chi connectivity index (χ1) is 15.8. The second kappa shape index (κ2) is 9.98. The van der Waals surface area contributed by atoms with Crippen molar-refractivity contribution in [2.24, 2.45) is 5.92 Å². The average Bonchev–Trinajstić information content (AvgIpc) is 3.26. The van der Waals surface area contributed by atoms with Crippen molar-refractivity contribution in [3.05, 3.63) is 65.7 Å². The summed E-state index contributed by atoms with van der Waals surface area (Å²) in [4.78, 5) is 27.7. The van der Waals surface area contributed by atoms with Gasteiger partial charge in [-0.2, -0.15) is 0 Å². The Kier molecular flexibility index (Phi) is 7.06. The zero-order chi connectivity index (χ0) is 23.4. The van der Waals surface area contributed by atoms with Gasteiger partial charge < -0.3 is 15.0 Å². The predicted molar refractivity (Wildman–Crippen MR) is 131 cm³/mol. The van der Waals surface area contributed by atoms with Crippen molar-refractivity contribution in [2.45, 2.75) is 70.3 Å². The summed E-state index contributed by atoms with van der Waals surface area (Å²) in [5, 5.41) is 3.10. The molecule has 2 atom stereocenters. The second-order valence-corrected chi connectivity index (χ2v) is 10.5. The molecule has 1 heterocycles. The summed E-state index contributed by atoms with van der Waals surface area (Å²) in [6.45, 7) is 6.39. The molecule has 1 aliphatic heterocycles. The van der Waals surface area contributed by atoms with Gasteiger partial charge in [0.1, 0.15) is 5.60 Å². The van der Waals surface area contributed by atoms with Crippen molar-refractivity contribution in [3.8, 4) is 0 Å². The summed E-state index contributed by atoms with van der Waals surface area (Å²) in [6, 6.07) is 18.3. The van der Waals surface area contributed by atoms with E-state index in [0.29, 0.717) is 19.0 Å². The smallest absolute Gasteiger partial charge is 0.410 e. The fourth-order valence-electron chi connectivity index (χ4n) is 5.09. The highest BCUT2D eigenvalue weighted by molar-refractivity contribution is 5.94. The molecule has 0 radical (unpaired) electrons. The molecule has 1 aliphatic carbocycles. The molecule has 0 aromatic heterocycles. The van der Waals surface area contributed by atoms with Crippen LogP contribution in [0.5, 0.6) is 0 Å². The SMILES string of the molecule is CC(C)(C)OC(=O)N1C[C@@H](C(=O)Nc2ccc(C3CCCCC3)cc2)[C@H](c2ccccc2)C1. The van der Waals surface area contributed by atoms with E-state index in [4.69, 9.17) is 4.74 Å². The molecule has 1 saturated carbocycles. The van der Waals surface area contributed by atoms with E-state index < -0.39 is 5.60 Å². The zero-order valence-electron chi connectivity index (χ0n) is 20.0. The lowest BCUT2D eigenvalue weighted by Crippen LogP contribution is -2.36. The predicted octanol–water partition coefficient (Wildman–Crippen LogP) is 6.32. The summed E-state index contributed by atoms with van der Waals surface area (Å²) in [5.41, 5.74) is 2.67. The molecule has 2 fully saturated rings. The Balaban J connectivity index is 1.47. The van der Waals surface area contributed by atoms with Crippen LogP contribution in [-0.2, 0) is 9.53 Å². The third-order valence-electron chi connectivity index (χ3n) is 6.79. The minimum atomic E-state index is -0.570. The van der Waals surface area contributed by atoms with E-state index in [1.807, 2.05) is 63.2 Å². The van der Waals surface area contributed by atoms with Crippen LogP contribution < -0.4 is 5.32 Å². The maximum Gasteiger partial charge on any atom is 0.410 e. The maximum absolute atomic E-state index is 13.3.